The molecule has 140 valence electrons. The lowest BCUT2D eigenvalue weighted by Gasteiger charge is -2.14. The number of hydrogen-bond acceptors (Lipinski definition) is 5. The molecule has 0 saturated heterocycles. The Morgan fingerprint density at radius 2 is 1.89 bits per heavy atom. The summed E-state index contributed by atoms with van der Waals surface area (Å²) in [6, 6.07) is 11.1. The number of aryl methyl sites for hydroxylation is 1. The lowest BCUT2D eigenvalue weighted by atomic mass is 10.0. The average Bonchev–Trinajstić information content (AvgIpc) is 3.03. The number of halogens is 1. The summed E-state index contributed by atoms with van der Waals surface area (Å²) in [4.78, 5) is 15.0. The van der Waals surface area contributed by atoms with E-state index in [-0.39, 0.29) is 23.6 Å². The van der Waals surface area contributed by atoms with Gasteiger partial charge in [-0.3, -0.25) is 4.79 Å². The molecule has 6 heteroatoms. The van der Waals surface area contributed by atoms with Gasteiger partial charge in [0.15, 0.2) is 0 Å². The summed E-state index contributed by atoms with van der Waals surface area (Å²) in [5.41, 5.74) is 2.57. The van der Waals surface area contributed by atoms with Gasteiger partial charge in [0.1, 0.15) is 34.5 Å². The Labute approximate surface area is 162 Å². The third-order valence-corrected chi connectivity index (χ3v) is 4.52. The van der Waals surface area contributed by atoms with E-state index in [1.165, 1.54) is 6.26 Å². The van der Waals surface area contributed by atoms with Crippen molar-refractivity contribution in [2.75, 3.05) is 14.1 Å². The van der Waals surface area contributed by atoms with Crippen molar-refractivity contribution >= 4 is 34.3 Å². The summed E-state index contributed by atoms with van der Waals surface area (Å²) >= 11 is 0. The Morgan fingerprint density at radius 1 is 1.15 bits per heavy atom. The van der Waals surface area contributed by atoms with Crippen molar-refractivity contribution in [3.8, 4) is 17.1 Å². The van der Waals surface area contributed by atoms with E-state index in [0.717, 1.165) is 11.0 Å². The number of furan rings is 1. The van der Waals surface area contributed by atoms with Gasteiger partial charge in [0.2, 0.25) is 5.43 Å². The van der Waals surface area contributed by atoms with E-state index in [0.29, 0.717) is 40.0 Å². The van der Waals surface area contributed by atoms with Crippen LogP contribution in [0.4, 0.5) is 0 Å². The molecule has 0 spiro atoms. The predicted octanol–water partition coefficient (Wildman–Crippen LogP) is 4.70. The van der Waals surface area contributed by atoms with Crippen molar-refractivity contribution in [2.45, 2.75) is 13.5 Å². The fraction of sp³-hybridized carbons (Fsp3) is 0.190. The van der Waals surface area contributed by atoms with Crippen molar-refractivity contribution < 1.29 is 13.9 Å². The van der Waals surface area contributed by atoms with Gasteiger partial charge in [0.25, 0.3) is 0 Å². The number of phenols is 1. The van der Waals surface area contributed by atoms with Crippen molar-refractivity contribution in [1.29, 1.82) is 0 Å². The molecule has 0 aliphatic heterocycles. The van der Waals surface area contributed by atoms with E-state index >= 15 is 0 Å². The molecule has 0 unspecified atom stereocenters. The van der Waals surface area contributed by atoms with Crippen LogP contribution in [0.5, 0.6) is 5.75 Å². The van der Waals surface area contributed by atoms with Crippen LogP contribution in [0.15, 0.2) is 56.3 Å². The van der Waals surface area contributed by atoms with Crippen molar-refractivity contribution in [3.63, 3.8) is 0 Å². The Morgan fingerprint density at radius 3 is 2.59 bits per heavy atom. The first-order valence-corrected chi connectivity index (χ1v) is 8.36. The molecule has 2 aromatic carbocycles. The van der Waals surface area contributed by atoms with Crippen LogP contribution < -0.4 is 5.43 Å². The summed E-state index contributed by atoms with van der Waals surface area (Å²) in [5.74, 6) is 0.632. The second kappa shape index (κ2) is 7.10. The first-order chi connectivity index (χ1) is 12.5. The fourth-order valence-corrected chi connectivity index (χ4v) is 3.24. The second-order valence-corrected chi connectivity index (χ2v) is 6.75. The highest BCUT2D eigenvalue weighted by atomic mass is 35.5. The molecule has 0 aliphatic carbocycles. The minimum Gasteiger partial charge on any atom is -0.507 e. The molecule has 0 radical (unpaired) electrons. The molecule has 2 aromatic heterocycles. The maximum atomic E-state index is 13.1. The summed E-state index contributed by atoms with van der Waals surface area (Å²) in [6.45, 7) is 2.28. The van der Waals surface area contributed by atoms with Gasteiger partial charge >= 0.3 is 0 Å². The van der Waals surface area contributed by atoms with E-state index in [1.54, 1.807) is 13.0 Å². The highest BCUT2D eigenvalue weighted by Gasteiger charge is 2.18. The van der Waals surface area contributed by atoms with Crippen LogP contribution in [0.25, 0.3) is 33.3 Å². The van der Waals surface area contributed by atoms with Crippen LogP contribution >= 0.6 is 12.4 Å². The number of benzene rings is 2. The zero-order chi connectivity index (χ0) is 18.4. The molecule has 0 aliphatic rings. The van der Waals surface area contributed by atoms with Crippen LogP contribution in [-0.2, 0) is 6.54 Å². The Bertz CT molecular complexity index is 1160. The lowest BCUT2D eigenvalue weighted by molar-refractivity contribution is 0.385. The largest absolute Gasteiger partial charge is 0.507 e. The first kappa shape index (κ1) is 19.0. The minimum absolute atomic E-state index is 0. The normalized spacial score (nSPS) is 11.3. The first-order valence-electron chi connectivity index (χ1n) is 8.36. The molecular weight excluding hydrogens is 366 g/mol. The van der Waals surface area contributed by atoms with Gasteiger partial charge in [-0.25, -0.2) is 0 Å². The van der Waals surface area contributed by atoms with Crippen LogP contribution in [0.2, 0.25) is 0 Å². The van der Waals surface area contributed by atoms with Crippen molar-refractivity contribution in [3.05, 3.63) is 64.0 Å². The topological polar surface area (TPSA) is 66.8 Å². The van der Waals surface area contributed by atoms with E-state index in [2.05, 4.69) is 0 Å². The van der Waals surface area contributed by atoms with Gasteiger partial charge in [-0.05, 0) is 39.2 Å². The Kier molecular flexibility index (Phi) is 5.00. The summed E-state index contributed by atoms with van der Waals surface area (Å²) in [5, 5.41) is 11.8. The smallest absolute Gasteiger partial charge is 0.203 e. The molecule has 27 heavy (non-hydrogen) atoms. The van der Waals surface area contributed by atoms with Gasteiger partial charge < -0.3 is 18.8 Å². The van der Waals surface area contributed by atoms with Gasteiger partial charge in [-0.2, -0.15) is 0 Å². The monoisotopic (exact) mass is 385 g/mol. The molecule has 0 atom stereocenters. The maximum absolute atomic E-state index is 13.1. The van der Waals surface area contributed by atoms with Crippen LogP contribution in [0.3, 0.4) is 0 Å². The van der Waals surface area contributed by atoms with E-state index < -0.39 is 0 Å². The number of phenolic OH excluding ortho intramolecular Hbond substituents is 1. The highest BCUT2D eigenvalue weighted by molar-refractivity contribution is 5.88. The third kappa shape index (κ3) is 3.20. The maximum Gasteiger partial charge on any atom is 0.203 e. The SMILES string of the molecule is Cc1c(O)c(CN(C)C)cc2c(=O)c(-c3cc4ccccc4o3)coc12.Cl. The molecule has 4 rings (SSSR count). The van der Waals surface area contributed by atoms with Gasteiger partial charge in [0, 0.05) is 23.1 Å². The molecule has 4 aromatic rings. The summed E-state index contributed by atoms with van der Waals surface area (Å²) in [6.07, 6.45) is 1.40. The molecule has 5 nitrogen and oxygen atoms in total. The quantitative estimate of drug-likeness (QED) is 0.553. The highest BCUT2D eigenvalue weighted by Crippen LogP contribution is 2.32. The number of hydrogen-bond donors (Lipinski definition) is 1. The van der Waals surface area contributed by atoms with E-state index in [4.69, 9.17) is 8.83 Å². The standard InChI is InChI=1S/C21H19NO4.ClH/c1-12-19(23)14(10-22(2)3)8-15-20(24)16(11-25-21(12)15)18-9-13-6-4-5-7-17(13)26-18;/h4-9,11,23H,10H2,1-3H3;1H. The molecule has 1 N–H and O–H groups in total. The predicted molar refractivity (Wildman–Crippen MR) is 109 cm³/mol. The molecule has 0 amide bonds. The van der Waals surface area contributed by atoms with Crippen molar-refractivity contribution in [1.82, 2.24) is 4.90 Å². The Hall–Kier alpha value is -2.76. The third-order valence-electron chi connectivity index (χ3n) is 4.52. The van der Waals surface area contributed by atoms with Gasteiger partial charge in [0.05, 0.1) is 5.39 Å². The minimum atomic E-state index is -0.173. The van der Waals surface area contributed by atoms with E-state index in [9.17, 15) is 9.90 Å². The zero-order valence-corrected chi connectivity index (χ0v) is 16.1. The molecule has 0 bridgehead atoms. The van der Waals surface area contributed by atoms with Gasteiger partial charge in [-0.15, -0.1) is 12.4 Å². The number of rotatable bonds is 3. The van der Waals surface area contributed by atoms with Crippen LogP contribution in [0, 0.1) is 6.92 Å². The Balaban J connectivity index is 0.00000210. The van der Waals surface area contributed by atoms with Gasteiger partial charge in [-0.1, -0.05) is 18.2 Å². The number of nitrogens with zero attached hydrogens (tertiary/aromatic N) is 1. The van der Waals surface area contributed by atoms with Crippen LogP contribution in [0.1, 0.15) is 11.1 Å². The summed E-state index contributed by atoms with van der Waals surface area (Å²) < 4.78 is 11.5. The van der Waals surface area contributed by atoms with E-state index in [1.807, 2.05) is 49.3 Å². The molecule has 0 fully saturated rings. The molecular formula is C21H20ClNO4. The van der Waals surface area contributed by atoms with Crippen molar-refractivity contribution in [2.24, 2.45) is 0 Å². The average molecular weight is 386 g/mol. The lowest BCUT2D eigenvalue weighted by Crippen LogP contribution is -2.12. The zero-order valence-electron chi connectivity index (χ0n) is 15.3. The molecule has 2 heterocycles. The second-order valence-electron chi connectivity index (χ2n) is 6.75. The molecule has 0 saturated carbocycles. The van der Waals surface area contributed by atoms with Crippen LogP contribution in [-0.4, -0.2) is 24.1 Å². The number of para-hydroxylation sites is 1. The number of fused-ring (bicyclic) bond motifs is 2. The fourth-order valence-electron chi connectivity index (χ4n) is 3.24. The number of aromatic hydroxyl groups is 1. The summed E-state index contributed by atoms with van der Waals surface area (Å²) in [7, 11) is 3.82.